The Morgan fingerprint density at radius 2 is 2.21 bits per heavy atom. The smallest absolute Gasteiger partial charge is 0.271 e. The van der Waals surface area contributed by atoms with Gasteiger partial charge in [0.25, 0.3) is 5.91 Å². The SMILES string of the molecule is COCc1nsc(NC(=O)c2snnc2C(C)C)n1. The summed E-state index contributed by atoms with van der Waals surface area (Å²) in [6, 6.07) is 0. The van der Waals surface area contributed by atoms with Crippen molar-refractivity contribution in [1.82, 2.24) is 18.9 Å². The molecule has 0 saturated carbocycles. The summed E-state index contributed by atoms with van der Waals surface area (Å²) < 4.78 is 12.8. The van der Waals surface area contributed by atoms with Gasteiger partial charge in [0.1, 0.15) is 11.5 Å². The fourth-order valence-corrected chi connectivity index (χ4v) is 2.66. The molecule has 2 rings (SSSR count). The number of ether oxygens (including phenoxy) is 1. The molecule has 19 heavy (non-hydrogen) atoms. The number of carbonyl (C=O) groups is 1. The number of methoxy groups -OCH3 is 1. The summed E-state index contributed by atoms with van der Waals surface area (Å²) in [5, 5.41) is 7.11. The van der Waals surface area contributed by atoms with E-state index in [1.165, 1.54) is 0 Å². The van der Waals surface area contributed by atoms with Gasteiger partial charge in [-0.05, 0) is 17.5 Å². The first-order chi connectivity index (χ1) is 9.11. The largest absolute Gasteiger partial charge is 0.377 e. The lowest BCUT2D eigenvalue weighted by atomic mass is 10.1. The highest BCUT2D eigenvalue weighted by Gasteiger charge is 2.19. The summed E-state index contributed by atoms with van der Waals surface area (Å²) in [5.74, 6) is 0.450. The zero-order valence-electron chi connectivity index (χ0n) is 10.7. The Hall–Kier alpha value is -1.45. The Balaban J connectivity index is 2.09. The quantitative estimate of drug-likeness (QED) is 0.907. The molecule has 0 aliphatic rings. The second-order valence-electron chi connectivity index (χ2n) is 4.04. The zero-order chi connectivity index (χ0) is 13.8. The van der Waals surface area contributed by atoms with Gasteiger partial charge in [-0.1, -0.05) is 18.3 Å². The highest BCUT2D eigenvalue weighted by atomic mass is 32.1. The molecule has 0 saturated heterocycles. The van der Waals surface area contributed by atoms with Gasteiger partial charge in [0, 0.05) is 18.6 Å². The first-order valence-corrected chi connectivity index (χ1v) is 7.11. The third-order valence-electron chi connectivity index (χ3n) is 2.23. The third-order valence-corrected chi connectivity index (χ3v) is 3.64. The molecule has 0 fully saturated rings. The molecule has 0 atom stereocenters. The number of rotatable bonds is 5. The fraction of sp³-hybridized carbons (Fsp3) is 0.500. The summed E-state index contributed by atoms with van der Waals surface area (Å²) in [6.07, 6.45) is 0. The molecule has 2 aromatic heterocycles. The van der Waals surface area contributed by atoms with Gasteiger partial charge in [0.05, 0.1) is 5.69 Å². The maximum absolute atomic E-state index is 12.1. The molecule has 1 N–H and O–H groups in total. The van der Waals surface area contributed by atoms with Crippen molar-refractivity contribution >= 4 is 34.1 Å². The van der Waals surface area contributed by atoms with Crippen LogP contribution in [0.1, 0.15) is 41.0 Å². The van der Waals surface area contributed by atoms with Crippen LogP contribution in [0.25, 0.3) is 0 Å². The van der Waals surface area contributed by atoms with E-state index >= 15 is 0 Å². The van der Waals surface area contributed by atoms with E-state index in [0.29, 0.717) is 28.1 Å². The Morgan fingerprint density at radius 3 is 2.89 bits per heavy atom. The van der Waals surface area contributed by atoms with Crippen LogP contribution in [0.4, 0.5) is 5.13 Å². The van der Waals surface area contributed by atoms with Gasteiger partial charge in [-0.15, -0.1) is 5.10 Å². The Labute approximate surface area is 118 Å². The molecule has 102 valence electrons. The number of carbonyl (C=O) groups excluding carboxylic acids is 1. The van der Waals surface area contributed by atoms with Crippen molar-refractivity contribution in [2.45, 2.75) is 26.4 Å². The molecule has 1 amide bonds. The molecule has 0 unspecified atom stereocenters. The summed E-state index contributed by atoms with van der Waals surface area (Å²) in [4.78, 5) is 16.7. The van der Waals surface area contributed by atoms with E-state index in [9.17, 15) is 4.79 Å². The average molecular weight is 299 g/mol. The van der Waals surface area contributed by atoms with Crippen LogP contribution in [0.3, 0.4) is 0 Å². The molecule has 0 aliphatic carbocycles. The van der Waals surface area contributed by atoms with Crippen LogP contribution in [-0.4, -0.2) is 32.0 Å². The van der Waals surface area contributed by atoms with Crippen molar-refractivity contribution in [1.29, 1.82) is 0 Å². The Morgan fingerprint density at radius 1 is 1.42 bits per heavy atom. The van der Waals surface area contributed by atoms with Crippen LogP contribution in [0.5, 0.6) is 0 Å². The van der Waals surface area contributed by atoms with Crippen molar-refractivity contribution in [3.05, 3.63) is 16.4 Å². The number of nitrogens with one attached hydrogen (secondary N) is 1. The highest BCUT2D eigenvalue weighted by molar-refractivity contribution is 7.10. The minimum absolute atomic E-state index is 0.151. The summed E-state index contributed by atoms with van der Waals surface area (Å²) in [7, 11) is 1.57. The molecule has 0 aromatic carbocycles. The van der Waals surface area contributed by atoms with Gasteiger partial charge in [-0.2, -0.15) is 4.37 Å². The molecule has 7 nitrogen and oxygen atoms in total. The van der Waals surface area contributed by atoms with E-state index in [1.807, 2.05) is 13.8 Å². The molecule has 0 radical (unpaired) electrons. The topological polar surface area (TPSA) is 89.9 Å². The second-order valence-corrected chi connectivity index (χ2v) is 5.55. The molecule has 0 aliphatic heterocycles. The van der Waals surface area contributed by atoms with E-state index in [0.717, 1.165) is 23.1 Å². The molecule has 2 aromatic rings. The summed E-state index contributed by atoms with van der Waals surface area (Å²) in [5.41, 5.74) is 0.698. The lowest BCUT2D eigenvalue weighted by molar-refractivity contribution is 0.102. The van der Waals surface area contributed by atoms with Crippen LogP contribution >= 0.6 is 23.1 Å². The molecule has 9 heteroatoms. The van der Waals surface area contributed by atoms with E-state index in [2.05, 4.69) is 24.3 Å². The van der Waals surface area contributed by atoms with Gasteiger partial charge in [0.15, 0.2) is 5.82 Å². The number of hydrogen-bond acceptors (Lipinski definition) is 8. The molecule has 0 spiro atoms. The lowest BCUT2D eigenvalue weighted by Gasteiger charge is -2.02. The average Bonchev–Trinajstić information content (AvgIpc) is 2.98. The maximum atomic E-state index is 12.1. The number of aromatic nitrogens is 4. The standard InChI is InChI=1S/C10H13N5O2S2/c1-5(2)7-8(18-15-13-7)9(16)12-10-11-6(4-17-3)14-19-10/h5H,4H2,1-3H3,(H,11,12,14,16). The van der Waals surface area contributed by atoms with Crippen LogP contribution < -0.4 is 5.32 Å². The lowest BCUT2D eigenvalue weighted by Crippen LogP contribution is -2.13. The van der Waals surface area contributed by atoms with Crippen LogP contribution in [0.15, 0.2) is 0 Å². The van der Waals surface area contributed by atoms with Crippen molar-refractivity contribution in [3.8, 4) is 0 Å². The molecule has 2 heterocycles. The van der Waals surface area contributed by atoms with E-state index in [4.69, 9.17) is 4.74 Å². The molecule has 0 bridgehead atoms. The van der Waals surface area contributed by atoms with Gasteiger partial charge in [0.2, 0.25) is 5.13 Å². The monoisotopic (exact) mass is 299 g/mol. The van der Waals surface area contributed by atoms with Gasteiger partial charge < -0.3 is 4.74 Å². The van der Waals surface area contributed by atoms with Gasteiger partial charge in [-0.25, -0.2) is 4.98 Å². The van der Waals surface area contributed by atoms with E-state index < -0.39 is 0 Å². The van der Waals surface area contributed by atoms with E-state index in [1.54, 1.807) is 7.11 Å². The Kier molecular flexibility index (Phi) is 4.51. The number of hydrogen-bond donors (Lipinski definition) is 1. The van der Waals surface area contributed by atoms with Gasteiger partial charge >= 0.3 is 0 Å². The Bertz CT molecular complexity index is 566. The predicted octanol–water partition coefficient (Wildman–Crippen LogP) is 1.91. The number of amides is 1. The number of nitrogens with zero attached hydrogens (tertiary/aromatic N) is 4. The van der Waals surface area contributed by atoms with Crippen LogP contribution in [0.2, 0.25) is 0 Å². The van der Waals surface area contributed by atoms with Crippen molar-refractivity contribution < 1.29 is 9.53 Å². The predicted molar refractivity (Wildman–Crippen MR) is 72.6 cm³/mol. The maximum Gasteiger partial charge on any atom is 0.271 e. The zero-order valence-corrected chi connectivity index (χ0v) is 12.3. The number of anilines is 1. The normalized spacial score (nSPS) is 10.9. The summed E-state index contributed by atoms with van der Waals surface area (Å²) in [6.45, 7) is 4.26. The first-order valence-electron chi connectivity index (χ1n) is 5.57. The van der Waals surface area contributed by atoms with E-state index in [-0.39, 0.29) is 11.8 Å². The molecular formula is C10H13N5O2S2. The van der Waals surface area contributed by atoms with Crippen LogP contribution in [0, 0.1) is 0 Å². The van der Waals surface area contributed by atoms with Crippen molar-refractivity contribution in [2.24, 2.45) is 0 Å². The first kappa shape index (κ1) is 14.0. The second kappa shape index (κ2) is 6.13. The minimum atomic E-state index is -0.251. The van der Waals surface area contributed by atoms with Gasteiger partial charge in [-0.3, -0.25) is 10.1 Å². The van der Waals surface area contributed by atoms with Crippen LogP contribution in [-0.2, 0) is 11.3 Å². The van der Waals surface area contributed by atoms with Crippen molar-refractivity contribution in [2.75, 3.05) is 12.4 Å². The molecular weight excluding hydrogens is 286 g/mol. The third kappa shape index (κ3) is 3.31. The summed E-state index contributed by atoms with van der Waals surface area (Å²) >= 11 is 2.20. The van der Waals surface area contributed by atoms with Crippen molar-refractivity contribution in [3.63, 3.8) is 0 Å². The minimum Gasteiger partial charge on any atom is -0.377 e. The fourth-order valence-electron chi connectivity index (χ4n) is 1.38. The highest BCUT2D eigenvalue weighted by Crippen LogP contribution is 2.21.